The molecule has 1 heterocycles. The van der Waals surface area contributed by atoms with Crippen molar-refractivity contribution in [2.45, 2.75) is 58.1 Å². The summed E-state index contributed by atoms with van der Waals surface area (Å²) >= 11 is 0. The lowest BCUT2D eigenvalue weighted by Crippen LogP contribution is -2.26. The summed E-state index contributed by atoms with van der Waals surface area (Å²) in [6.45, 7) is 14.5. The second kappa shape index (κ2) is 10.2. The number of carboxylic acids is 1. The molecule has 0 spiro atoms. The van der Waals surface area contributed by atoms with Crippen LogP contribution in [0.5, 0.6) is 5.75 Å². The van der Waals surface area contributed by atoms with Gasteiger partial charge < -0.3 is 19.3 Å². The molecule has 0 atom stereocenters. The minimum atomic E-state index is -1.40. The summed E-state index contributed by atoms with van der Waals surface area (Å²) in [7, 11) is -2.43. The molecule has 0 aliphatic heterocycles. The van der Waals surface area contributed by atoms with Gasteiger partial charge in [0.15, 0.2) is 12.5 Å². The molecule has 0 amide bonds. The highest BCUT2D eigenvalue weighted by atomic mass is 28.3. The van der Waals surface area contributed by atoms with Crippen molar-refractivity contribution in [3.05, 3.63) is 22.1 Å². The Bertz CT molecular complexity index is 679. The summed E-state index contributed by atoms with van der Waals surface area (Å²) in [5, 5.41) is 13.0. The summed E-state index contributed by atoms with van der Waals surface area (Å²) in [5.41, 5.74) is -1.36. The third kappa shape index (κ3) is 9.84. The van der Waals surface area contributed by atoms with E-state index < -0.39 is 33.2 Å². The van der Waals surface area contributed by atoms with E-state index in [1.807, 2.05) is 0 Å². The Morgan fingerprint density at radius 1 is 1.07 bits per heavy atom. The Morgan fingerprint density at radius 3 is 2.15 bits per heavy atom. The van der Waals surface area contributed by atoms with Gasteiger partial charge in [-0.2, -0.15) is 5.10 Å². The Kier molecular flexibility index (Phi) is 8.86. The van der Waals surface area contributed by atoms with E-state index in [0.29, 0.717) is 13.2 Å². The predicted octanol–water partition coefficient (Wildman–Crippen LogP) is 2.94. The fourth-order valence-electron chi connectivity index (χ4n) is 1.90. The highest BCUT2D eigenvalue weighted by molar-refractivity contribution is 6.76. The van der Waals surface area contributed by atoms with E-state index in [2.05, 4.69) is 44.4 Å². The number of nitrogens with zero attached hydrogens (tertiary/aromatic N) is 2. The van der Waals surface area contributed by atoms with Gasteiger partial charge in [0, 0.05) is 29.4 Å². The number of rotatable bonds is 12. The first-order valence-corrected chi connectivity index (χ1v) is 16.4. The molecule has 0 bridgehead atoms. The van der Waals surface area contributed by atoms with Crippen LogP contribution in [0.2, 0.25) is 51.4 Å². The van der Waals surface area contributed by atoms with E-state index in [1.54, 1.807) is 0 Å². The average molecular weight is 417 g/mol. The second-order valence-corrected chi connectivity index (χ2v) is 20.1. The Labute approximate surface area is 162 Å². The molecule has 1 N–H and O–H groups in total. The minimum absolute atomic E-state index is 0.0535. The molecule has 8 nitrogen and oxygen atoms in total. The molecular formula is C17H32N2O6Si2. The summed E-state index contributed by atoms with van der Waals surface area (Å²) in [6.07, 6.45) is 1.35. The first-order chi connectivity index (χ1) is 12.4. The Hall–Kier alpha value is -1.50. The number of hydrogen-bond acceptors (Lipinski definition) is 6. The molecule has 27 heavy (non-hydrogen) atoms. The first kappa shape index (κ1) is 23.5. The fraction of sp³-hybridized carbons (Fsp3) is 0.706. The van der Waals surface area contributed by atoms with Crippen LogP contribution in [0.1, 0.15) is 10.5 Å². The molecule has 0 aliphatic rings. The van der Waals surface area contributed by atoms with E-state index in [-0.39, 0.29) is 19.3 Å². The third-order valence-electron chi connectivity index (χ3n) is 3.65. The lowest BCUT2D eigenvalue weighted by atomic mass is 10.3. The van der Waals surface area contributed by atoms with E-state index in [9.17, 15) is 14.7 Å². The van der Waals surface area contributed by atoms with E-state index in [1.165, 1.54) is 10.9 Å². The highest BCUT2D eigenvalue weighted by Gasteiger charge is 2.18. The smallest absolute Gasteiger partial charge is 0.360 e. The molecule has 1 aromatic heterocycles. The van der Waals surface area contributed by atoms with Gasteiger partial charge in [0.2, 0.25) is 5.69 Å². The molecule has 1 rings (SSSR count). The third-order valence-corrected chi connectivity index (χ3v) is 7.06. The minimum Gasteiger partial charge on any atom is -0.476 e. The van der Waals surface area contributed by atoms with Crippen LogP contribution in [0.4, 0.5) is 0 Å². The van der Waals surface area contributed by atoms with Crippen LogP contribution in [0, 0.1) is 0 Å². The zero-order valence-electron chi connectivity index (χ0n) is 17.2. The normalized spacial score (nSPS) is 12.2. The molecule has 0 aromatic carbocycles. The summed E-state index contributed by atoms with van der Waals surface area (Å²) in [5.74, 6) is -1.51. The predicted molar refractivity (Wildman–Crippen MR) is 109 cm³/mol. The highest BCUT2D eigenvalue weighted by Crippen LogP contribution is 2.10. The second-order valence-electron chi connectivity index (χ2n) is 8.84. The summed E-state index contributed by atoms with van der Waals surface area (Å²) in [6, 6.07) is 1.95. The number of carboxylic acid groups (broad SMARTS) is 1. The van der Waals surface area contributed by atoms with Gasteiger partial charge in [-0.15, -0.1) is 0 Å². The lowest BCUT2D eigenvalue weighted by Gasteiger charge is -2.16. The van der Waals surface area contributed by atoms with E-state index in [0.717, 1.165) is 12.1 Å². The van der Waals surface area contributed by atoms with Gasteiger partial charge in [-0.05, 0) is 12.1 Å². The molecule has 0 unspecified atom stereocenters. The van der Waals surface area contributed by atoms with Gasteiger partial charge in [0.25, 0.3) is 5.43 Å². The lowest BCUT2D eigenvalue weighted by molar-refractivity contribution is 0.0193. The largest absolute Gasteiger partial charge is 0.476 e. The van der Waals surface area contributed by atoms with Crippen molar-refractivity contribution >= 4 is 22.1 Å². The fourth-order valence-corrected chi connectivity index (χ4v) is 3.41. The zero-order chi connectivity index (χ0) is 20.7. The van der Waals surface area contributed by atoms with Crippen LogP contribution >= 0.6 is 0 Å². The standard InChI is InChI=1S/C17H32N2O6Si2/c1-26(2,3)9-7-23-12-19-11-14(16(20)15(18-19)17(21)22)25-13-24-8-10-27(4,5)6/h11H,7-10,12-13H2,1-6H3,(H,21,22). The topological polar surface area (TPSA) is 99.9 Å². The molecule has 0 saturated heterocycles. The van der Waals surface area contributed by atoms with Crippen LogP contribution in [0.15, 0.2) is 11.0 Å². The van der Waals surface area contributed by atoms with Gasteiger partial charge in [-0.3, -0.25) is 4.79 Å². The van der Waals surface area contributed by atoms with E-state index >= 15 is 0 Å². The van der Waals surface area contributed by atoms with Gasteiger partial charge in [0.05, 0.1) is 6.20 Å². The van der Waals surface area contributed by atoms with Crippen molar-refractivity contribution in [2.24, 2.45) is 0 Å². The number of hydrogen-bond donors (Lipinski definition) is 1. The SMILES string of the molecule is C[Si](C)(C)CCOCOc1cn(COCC[Si](C)(C)C)nc(C(=O)O)c1=O. The monoisotopic (exact) mass is 416 g/mol. The van der Waals surface area contributed by atoms with Crippen molar-refractivity contribution in [1.29, 1.82) is 0 Å². The number of ether oxygens (including phenoxy) is 3. The van der Waals surface area contributed by atoms with Crippen molar-refractivity contribution in [2.75, 3.05) is 20.0 Å². The molecule has 0 aliphatic carbocycles. The van der Waals surface area contributed by atoms with Crippen molar-refractivity contribution in [1.82, 2.24) is 9.78 Å². The number of carbonyl (C=O) groups is 1. The van der Waals surface area contributed by atoms with Crippen molar-refractivity contribution in [3.8, 4) is 5.75 Å². The summed E-state index contributed by atoms with van der Waals surface area (Å²) < 4.78 is 17.6. The van der Waals surface area contributed by atoms with Crippen LogP contribution < -0.4 is 10.2 Å². The van der Waals surface area contributed by atoms with E-state index in [4.69, 9.17) is 14.2 Å². The van der Waals surface area contributed by atoms with Gasteiger partial charge in [0.1, 0.15) is 6.73 Å². The Balaban J connectivity index is 2.71. The average Bonchev–Trinajstić information content (AvgIpc) is 2.51. The maximum atomic E-state index is 12.2. The van der Waals surface area contributed by atoms with Crippen LogP contribution in [0.3, 0.4) is 0 Å². The first-order valence-electron chi connectivity index (χ1n) is 9.02. The van der Waals surface area contributed by atoms with Crippen LogP contribution in [-0.4, -0.2) is 57.0 Å². The number of aromatic nitrogens is 2. The van der Waals surface area contributed by atoms with Crippen LogP contribution in [-0.2, 0) is 16.2 Å². The Morgan fingerprint density at radius 2 is 1.63 bits per heavy atom. The molecule has 1 aromatic rings. The molecule has 154 valence electrons. The zero-order valence-corrected chi connectivity index (χ0v) is 19.2. The van der Waals surface area contributed by atoms with Gasteiger partial charge in [-0.25, -0.2) is 9.48 Å². The molecule has 0 fully saturated rings. The number of aromatic carboxylic acids is 1. The van der Waals surface area contributed by atoms with Gasteiger partial charge in [-0.1, -0.05) is 39.3 Å². The maximum Gasteiger partial charge on any atom is 0.360 e. The molecule has 0 saturated carbocycles. The van der Waals surface area contributed by atoms with Crippen molar-refractivity contribution < 1.29 is 24.1 Å². The molecule has 0 radical (unpaired) electrons. The quantitative estimate of drug-likeness (QED) is 0.318. The van der Waals surface area contributed by atoms with Crippen LogP contribution in [0.25, 0.3) is 0 Å². The molecular weight excluding hydrogens is 384 g/mol. The maximum absolute atomic E-state index is 12.2. The van der Waals surface area contributed by atoms with Crippen molar-refractivity contribution in [3.63, 3.8) is 0 Å². The van der Waals surface area contributed by atoms with Gasteiger partial charge >= 0.3 is 5.97 Å². The summed E-state index contributed by atoms with van der Waals surface area (Å²) in [4.78, 5) is 23.5. The molecule has 10 heteroatoms.